The summed E-state index contributed by atoms with van der Waals surface area (Å²) in [6.07, 6.45) is 0. The number of nitro benzene ring substituents is 6. The molecule has 0 unspecified atom stereocenters. The Morgan fingerprint density at radius 3 is 0.696 bits per heavy atom. The van der Waals surface area contributed by atoms with Crippen molar-refractivity contribution in [2.75, 3.05) is 0 Å². The Morgan fingerprint density at radius 2 is 0.565 bits per heavy atom. The van der Waals surface area contributed by atoms with Crippen LogP contribution in [-0.2, 0) is 0 Å². The van der Waals surface area contributed by atoms with E-state index in [0.717, 1.165) is 36.4 Å². The van der Waals surface area contributed by atoms with E-state index >= 15 is 0 Å². The molecule has 0 saturated heterocycles. The second-order valence-corrected chi connectivity index (χ2v) is 7.57. The van der Waals surface area contributed by atoms with Gasteiger partial charge in [-0.05, 0) is 18.2 Å². The Bertz CT molecular complexity index is 1570. The van der Waals surface area contributed by atoms with E-state index in [4.69, 9.17) is 15.3 Å². The third-order valence-corrected chi connectivity index (χ3v) is 4.85. The van der Waals surface area contributed by atoms with Crippen molar-refractivity contribution in [2.24, 2.45) is 0 Å². The van der Waals surface area contributed by atoms with Crippen molar-refractivity contribution in [3.05, 3.63) is 132 Å². The van der Waals surface area contributed by atoms with E-state index < -0.39 is 81.6 Å². The standard InChI is InChI=1S/3C7H4N2O6.Gd/c3*10-7(11)4-1-2-5(8(12)13)6(3-4)9(14)15;/h3*1-3H,(H,10,11);. The molecule has 0 aromatic heterocycles. The quantitative estimate of drug-likeness (QED) is 0.206. The zero-order chi connectivity index (χ0) is 34.8. The molecule has 25 heteroatoms. The summed E-state index contributed by atoms with van der Waals surface area (Å²) < 4.78 is 0. The van der Waals surface area contributed by atoms with E-state index in [1.165, 1.54) is 0 Å². The van der Waals surface area contributed by atoms with E-state index in [9.17, 15) is 75.1 Å². The van der Waals surface area contributed by atoms with Gasteiger partial charge in [0.1, 0.15) is 0 Å². The predicted molar refractivity (Wildman–Crippen MR) is 140 cm³/mol. The molecule has 0 aliphatic rings. The van der Waals surface area contributed by atoms with Crippen LogP contribution in [0.25, 0.3) is 0 Å². The van der Waals surface area contributed by atoms with Crippen LogP contribution in [0.2, 0.25) is 0 Å². The molecule has 46 heavy (non-hydrogen) atoms. The fourth-order valence-electron chi connectivity index (χ4n) is 2.87. The average molecular weight is 794 g/mol. The summed E-state index contributed by atoms with van der Waals surface area (Å²) in [6.45, 7) is 0. The number of hydrogen-bond donors (Lipinski definition) is 3. The minimum atomic E-state index is -1.38. The van der Waals surface area contributed by atoms with Crippen LogP contribution in [0.15, 0.2) is 54.6 Å². The molecule has 0 aliphatic heterocycles. The van der Waals surface area contributed by atoms with Crippen molar-refractivity contribution < 1.29 is 99.2 Å². The molecule has 0 fully saturated rings. The number of rotatable bonds is 9. The summed E-state index contributed by atoms with van der Waals surface area (Å²) in [4.78, 5) is 87.9. The Balaban J connectivity index is 0.000000653. The number of benzene rings is 3. The van der Waals surface area contributed by atoms with Crippen molar-refractivity contribution in [3.8, 4) is 0 Å². The topological polar surface area (TPSA) is 371 Å². The minimum absolute atomic E-state index is 0. The van der Waals surface area contributed by atoms with Gasteiger partial charge in [0.15, 0.2) is 0 Å². The maximum atomic E-state index is 10.5. The molecule has 0 saturated carbocycles. The largest absolute Gasteiger partial charge is 0.478 e. The van der Waals surface area contributed by atoms with Gasteiger partial charge in [-0.25, -0.2) is 14.4 Å². The summed E-state index contributed by atoms with van der Waals surface area (Å²) in [5.74, 6) is -4.14. The Labute approximate surface area is 282 Å². The van der Waals surface area contributed by atoms with Gasteiger partial charge in [0, 0.05) is 76.3 Å². The first kappa shape index (κ1) is 39.8. The van der Waals surface area contributed by atoms with Crippen LogP contribution in [0.1, 0.15) is 31.1 Å². The van der Waals surface area contributed by atoms with Gasteiger partial charge in [-0.2, -0.15) is 0 Å². The summed E-state index contributed by atoms with van der Waals surface area (Å²) in [6, 6.07) is 7.15. The number of carbonyl (C=O) groups is 3. The number of nitro groups is 6. The van der Waals surface area contributed by atoms with E-state index in [1.807, 2.05) is 0 Å². The normalized spacial score (nSPS) is 9.39. The first-order valence-corrected chi connectivity index (χ1v) is 10.8. The molecular weight excluding hydrogens is 782 g/mol. The van der Waals surface area contributed by atoms with Gasteiger partial charge in [0.05, 0.1) is 46.2 Å². The fraction of sp³-hybridized carbons (Fsp3) is 0. The molecule has 0 spiro atoms. The Hall–Kier alpha value is -6.21. The number of hydrogen-bond acceptors (Lipinski definition) is 15. The van der Waals surface area contributed by atoms with Gasteiger partial charge >= 0.3 is 52.0 Å². The molecule has 3 N–H and O–H groups in total. The molecule has 0 atom stereocenters. The SMILES string of the molecule is O=C(O)c1ccc([N+](=O)[O-])c([N+](=O)[O-])c1.O=C(O)c1ccc([N+](=O)[O-])c([N+](=O)[O-])c1.O=C(O)c1ccc([N+](=O)[O-])c([N+](=O)[O-])c1.[Gd]. The van der Waals surface area contributed by atoms with Gasteiger partial charge in [-0.3, -0.25) is 60.7 Å². The van der Waals surface area contributed by atoms with Crippen molar-refractivity contribution in [2.45, 2.75) is 0 Å². The molecule has 242 valence electrons. The van der Waals surface area contributed by atoms with Crippen molar-refractivity contribution in [1.82, 2.24) is 0 Å². The molecule has 3 rings (SSSR count). The second kappa shape index (κ2) is 17.2. The van der Waals surface area contributed by atoms with Crippen LogP contribution < -0.4 is 0 Å². The summed E-state index contributed by atoms with van der Waals surface area (Å²) in [5, 5.41) is 87.9. The zero-order valence-electron chi connectivity index (χ0n) is 21.7. The maximum absolute atomic E-state index is 10.5. The smallest absolute Gasteiger partial charge is 0.346 e. The fourth-order valence-corrected chi connectivity index (χ4v) is 2.87. The number of nitrogens with zero attached hydrogens (tertiary/aromatic N) is 6. The molecule has 0 bridgehead atoms. The molecule has 0 amide bonds. The molecule has 0 aliphatic carbocycles. The van der Waals surface area contributed by atoms with Gasteiger partial charge in [-0.1, -0.05) is 0 Å². The number of carboxylic acid groups (broad SMARTS) is 3. The van der Waals surface area contributed by atoms with Gasteiger partial charge in [0.25, 0.3) is 0 Å². The van der Waals surface area contributed by atoms with Crippen LogP contribution in [0.4, 0.5) is 34.1 Å². The Kier molecular flexibility index (Phi) is 14.9. The third-order valence-electron chi connectivity index (χ3n) is 4.85. The van der Waals surface area contributed by atoms with E-state index in [1.54, 1.807) is 0 Å². The van der Waals surface area contributed by atoms with Crippen LogP contribution in [0.5, 0.6) is 0 Å². The second-order valence-electron chi connectivity index (χ2n) is 7.57. The van der Waals surface area contributed by atoms with Gasteiger partial charge < -0.3 is 15.3 Å². The van der Waals surface area contributed by atoms with Crippen molar-refractivity contribution in [1.29, 1.82) is 0 Å². The average Bonchev–Trinajstić information content (AvgIpc) is 2.96. The maximum Gasteiger partial charge on any atom is 0.346 e. The molecule has 0 heterocycles. The summed E-state index contributed by atoms with van der Waals surface area (Å²) in [5.41, 5.74) is -5.80. The van der Waals surface area contributed by atoms with Crippen LogP contribution in [-0.4, -0.2) is 62.8 Å². The minimum Gasteiger partial charge on any atom is -0.478 e. The number of aromatic carboxylic acids is 3. The van der Waals surface area contributed by atoms with Gasteiger partial charge in [-0.15, -0.1) is 0 Å². The van der Waals surface area contributed by atoms with Gasteiger partial charge in [0.2, 0.25) is 0 Å². The third kappa shape index (κ3) is 10.8. The molecule has 0 radical (unpaired) electrons. The summed E-state index contributed by atoms with van der Waals surface area (Å²) in [7, 11) is 0. The monoisotopic (exact) mass is 794 g/mol. The Morgan fingerprint density at radius 1 is 0.391 bits per heavy atom. The number of carboxylic acids is 3. The van der Waals surface area contributed by atoms with Crippen LogP contribution in [0, 0.1) is 101 Å². The molecule has 3 aromatic rings. The first-order valence-electron chi connectivity index (χ1n) is 10.8. The van der Waals surface area contributed by atoms with E-state index in [0.29, 0.717) is 18.2 Å². The van der Waals surface area contributed by atoms with E-state index in [2.05, 4.69) is 0 Å². The molecular formula is C21H12GdN6O18. The van der Waals surface area contributed by atoms with Crippen LogP contribution >= 0.6 is 0 Å². The van der Waals surface area contributed by atoms with Crippen molar-refractivity contribution >= 4 is 52.0 Å². The summed E-state index contributed by atoms with van der Waals surface area (Å²) >= 11 is 0. The van der Waals surface area contributed by atoms with Crippen LogP contribution in [0.3, 0.4) is 0 Å². The van der Waals surface area contributed by atoms with E-state index in [-0.39, 0.29) is 56.6 Å². The zero-order valence-corrected chi connectivity index (χ0v) is 24.0. The molecule has 3 aromatic carbocycles. The molecule has 24 nitrogen and oxygen atoms in total. The predicted octanol–water partition coefficient (Wildman–Crippen LogP) is 3.60. The first-order chi connectivity index (χ1) is 20.8. The van der Waals surface area contributed by atoms with Crippen molar-refractivity contribution in [3.63, 3.8) is 0 Å².